The van der Waals surface area contributed by atoms with Crippen LogP contribution in [0, 0.1) is 19.7 Å². The fraction of sp³-hybridized carbons (Fsp3) is 0.267. The van der Waals surface area contributed by atoms with Crippen LogP contribution >= 0.6 is 0 Å². The van der Waals surface area contributed by atoms with Crippen molar-refractivity contribution in [3.05, 3.63) is 64.7 Å². The minimum atomic E-state index is -0.197. The van der Waals surface area contributed by atoms with Gasteiger partial charge in [-0.25, -0.2) is 4.39 Å². The van der Waals surface area contributed by atoms with E-state index in [0.29, 0.717) is 0 Å². The van der Waals surface area contributed by atoms with E-state index in [1.54, 1.807) is 12.3 Å². The third kappa shape index (κ3) is 2.57. The highest BCUT2D eigenvalue weighted by Gasteiger charge is 2.14. The number of nitrogens with zero attached hydrogens (tertiary/aromatic N) is 1. The van der Waals surface area contributed by atoms with E-state index in [0.717, 1.165) is 22.4 Å². The molecule has 18 heavy (non-hydrogen) atoms. The molecule has 1 atom stereocenters. The maximum atomic E-state index is 13.2. The van der Waals surface area contributed by atoms with Gasteiger partial charge in [0.1, 0.15) is 5.82 Å². The van der Waals surface area contributed by atoms with Crippen molar-refractivity contribution in [1.82, 2.24) is 10.3 Å². The Morgan fingerprint density at radius 1 is 1.17 bits per heavy atom. The predicted octanol–water partition coefficient (Wildman–Crippen LogP) is 3.15. The monoisotopic (exact) mass is 244 g/mol. The van der Waals surface area contributed by atoms with Crippen molar-refractivity contribution in [2.75, 3.05) is 7.05 Å². The van der Waals surface area contributed by atoms with Gasteiger partial charge in [-0.15, -0.1) is 0 Å². The van der Waals surface area contributed by atoms with Gasteiger partial charge < -0.3 is 5.32 Å². The van der Waals surface area contributed by atoms with Crippen LogP contribution < -0.4 is 5.32 Å². The van der Waals surface area contributed by atoms with Crippen LogP contribution in [0.25, 0.3) is 0 Å². The number of nitrogens with one attached hydrogen (secondary N) is 1. The summed E-state index contributed by atoms with van der Waals surface area (Å²) < 4.78 is 13.2. The molecule has 1 aromatic heterocycles. The standard InChI is InChI=1S/C15H17FN2/c1-10-8-13(16)4-5-14(10)15(17-3)12-6-7-18-11(2)9-12/h4-9,15,17H,1-3H3. The highest BCUT2D eigenvalue weighted by atomic mass is 19.1. The molecule has 3 heteroatoms. The van der Waals surface area contributed by atoms with Crippen LogP contribution in [0.15, 0.2) is 36.5 Å². The summed E-state index contributed by atoms with van der Waals surface area (Å²) in [5.74, 6) is -0.197. The minimum Gasteiger partial charge on any atom is -0.309 e. The highest BCUT2D eigenvalue weighted by Crippen LogP contribution is 2.25. The first-order valence-electron chi connectivity index (χ1n) is 5.97. The summed E-state index contributed by atoms with van der Waals surface area (Å²) in [6.45, 7) is 3.89. The van der Waals surface area contributed by atoms with Crippen molar-refractivity contribution in [3.8, 4) is 0 Å². The second-order valence-corrected chi connectivity index (χ2v) is 4.45. The van der Waals surface area contributed by atoms with Crippen molar-refractivity contribution in [1.29, 1.82) is 0 Å². The van der Waals surface area contributed by atoms with Crippen molar-refractivity contribution < 1.29 is 4.39 Å². The summed E-state index contributed by atoms with van der Waals surface area (Å²) in [4.78, 5) is 4.20. The Balaban J connectivity index is 2.45. The zero-order valence-corrected chi connectivity index (χ0v) is 10.9. The lowest BCUT2D eigenvalue weighted by Crippen LogP contribution is -2.19. The van der Waals surface area contributed by atoms with E-state index in [1.807, 2.05) is 39.1 Å². The molecule has 1 N–H and O–H groups in total. The van der Waals surface area contributed by atoms with Crippen LogP contribution in [0.4, 0.5) is 4.39 Å². The molecule has 0 bridgehead atoms. The molecular weight excluding hydrogens is 227 g/mol. The first-order valence-corrected chi connectivity index (χ1v) is 5.97. The molecule has 0 radical (unpaired) electrons. The number of hydrogen-bond donors (Lipinski definition) is 1. The van der Waals surface area contributed by atoms with Gasteiger partial charge in [-0.05, 0) is 61.9 Å². The molecule has 0 aliphatic carbocycles. The van der Waals surface area contributed by atoms with Gasteiger partial charge in [-0.1, -0.05) is 6.07 Å². The molecule has 1 aromatic carbocycles. The molecule has 1 heterocycles. The molecule has 0 aliphatic rings. The summed E-state index contributed by atoms with van der Waals surface area (Å²) in [6.07, 6.45) is 1.80. The molecule has 0 fully saturated rings. The molecule has 2 rings (SSSR count). The average molecular weight is 244 g/mol. The normalized spacial score (nSPS) is 12.4. The minimum absolute atomic E-state index is 0.0623. The van der Waals surface area contributed by atoms with Gasteiger partial charge in [0.15, 0.2) is 0 Å². The van der Waals surface area contributed by atoms with Crippen LogP contribution in [-0.2, 0) is 0 Å². The number of halogens is 1. The van der Waals surface area contributed by atoms with Crippen molar-refractivity contribution in [3.63, 3.8) is 0 Å². The molecule has 0 saturated carbocycles. The Morgan fingerprint density at radius 3 is 2.56 bits per heavy atom. The van der Waals surface area contributed by atoms with Crippen LogP contribution in [0.3, 0.4) is 0 Å². The third-order valence-corrected chi connectivity index (χ3v) is 3.09. The zero-order chi connectivity index (χ0) is 13.1. The van der Waals surface area contributed by atoms with E-state index >= 15 is 0 Å². The lowest BCUT2D eigenvalue weighted by atomic mass is 9.95. The molecule has 0 saturated heterocycles. The maximum absolute atomic E-state index is 13.2. The molecule has 2 aromatic rings. The molecule has 0 amide bonds. The van der Waals surface area contributed by atoms with Gasteiger partial charge in [0.05, 0.1) is 6.04 Å². The predicted molar refractivity (Wildman–Crippen MR) is 71.0 cm³/mol. The molecular formula is C15H17FN2. The lowest BCUT2D eigenvalue weighted by molar-refractivity contribution is 0.621. The first kappa shape index (κ1) is 12.7. The van der Waals surface area contributed by atoms with E-state index in [9.17, 15) is 4.39 Å². The molecule has 94 valence electrons. The highest BCUT2D eigenvalue weighted by molar-refractivity contribution is 5.37. The zero-order valence-electron chi connectivity index (χ0n) is 10.9. The summed E-state index contributed by atoms with van der Waals surface area (Å²) in [5, 5.41) is 3.27. The molecule has 0 spiro atoms. The largest absolute Gasteiger partial charge is 0.309 e. The second-order valence-electron chi connectivity index (χ2n) is 4.45. The Morgan fingerprint density at radius 2 is 1.94 bits per heavy atom. The van der Waals surface area contributed by atoms with Gasteiger partial charge in [0.2, 0.25) is 0 Å². The van der Waals surface area contributed by atoms with E-state index in [2.05, 4.69) is 10.3 Å². The third-order valence-electron chi connectivity index (χ3n) is 3.09. The smallest absolute Gasteiger partial charge is 0.123 e. The van der Waals surface area contributed by atoms with Gasteiger partial charge in [0, 0.05) is 11.9 Å². The van der Waals surface area contributed by atoms with Gasteiger partial charge in [-0.3, -0.25) is 4.98 Å². The maximum Gasteiger partial charge on any atom is 0.123 e. The second kappa shape index (κ2) is 5.27. The molecule has 1 unspecified atom stereocenters. The quantitative estimate of drug-likeness (QED) is 0.897. The number of hydrogen-bond acceptors (Lipinski definition) is 2. The number of rotatable bonds is 3. The summed E-state index contributed by atoms with van der Waals surface area (Å²) in [7, 11) is 1.91. The van der Waals surface area contributed by atoms with E-state index in [4.69, 9.17) is 0 Å². The van der Waals surface area contributed by atoms with E-state index < -0.39 is 0 Å². The van der Waals surface area contributed by atoms with Crippen LogP contribution in [0.5, 0.6) is 0 Å². The van der Waals surface area contributed by atoms with E-state index in [-0.39, 0.29) is 11.9 Å². The Hall–Kier alpha value is -1.74. The number of aromatic nitrogens is 1. The lowest BCUT2D eigenvalue weighted by Gasteiger charge is -2.19. The summed E-state index contributed by atoms with van der Waals surface area (Å²) in [5.41, 5.74) is 4.15. The Kier molecular flexibility index (Phi) is 3.72. The average Bonchev–Trinajstić information content (AvgIpc) is 2.33. The Bertz CT molecular complexity index is 552. The van der Waals surface area contributed by atoms with E-state index in [1.165, 1.54) is 6.07 Å². The van der Waals surface area contributed by atoms with Crippen LogP contribution in [0.1, 0.15) is 28.4 Å². The van der Waals surface area contributed by atoms with Gasteiger partial charge in [-0.2, -0.15) is 0 Å². The Labute approximate surface area is 107 Å². The van der Waals surface area contributed by atoms with Gasteiger partial charge in [0.25, 0.3) is 0 Å². The van der Waals surface area contributed by atoms with Crippen molar-refractivity contribution >= 4 is 0 Å². The van der Waals surface area contributed by atoms with Crippen molar-refractivity contribution in [2.24, 2.45) is 0 Å². The van der Waals surface area contributed by atoms with Gasteiger partial charge >= 0.3 is 0 Å². The fourth-order valence-electron chi connectivity index (χ4n) is 2.21. The molecule has 0 aliphatic heterocycles. The SMILES string of the molecule is CNC(c1ccnc(C)c1)c1ccc(F)cc1C. The summed E-state index contributed by atoms with van der Waals surface area (Å²) in [6, 6.07) is 8.99. The number of pyridine rings is 1. The topological polar surface area (TPSA) is 24.9 Å². The first-order chi connectivity index (χ1) is 8.61. The molecule has 2 nitrogen and oxygen atoms in total. The van der Waals surface area contributed by atoms with Crippen molar-refractivity contribution in [2.45, 2.75) is 19.9 Å². The van der Waals surface area contributed by atoms with Crippen LogP contribution in [0.2, 0.25) is 0 Å². The summed E-state index contributed by atoms with van der Waals surface area (Å²) >= 11 is 0. The van der Waals surface area contributed by atoms with Crippen LogP contribution in [-0.4, -0.2) is 12.0 Å². The number of aryl methyl sites for hydroxylation is 2. The fourth-order valence-corrected chi connectivity index (χ4v) is 2.21. The number of benzene rings is 1.